The van der Waals surface area contributed by atoms with Crippen LogP contribution in [0.4, 0.5) is 11.4 Å². The lowest BCUT2D eigenvalue weighted by atomic mass is 10.1. The van der Waals surface area contributed by atoms with Crippen molar-refractivity contribution in [2.45, 2.75) is 12.8 Å². The second kappa shape index (κ2) is 7.95. The molecule has 0 aliphatic rings. The molecule has 0 amide bonds. The first kappa shape index (κ1) is 17.8. The molecule has 2 aromatic carbocycles. The van der Waals surface area contributed by atoms with Crippen molar-refractivity contribution in [1.82, 2.24) is 9.97 Å². The largest absolute Gasteiger partial charge is 0.355 e. The Morgan fingerprint density at radius 3 is 2.63 bits per heavy atom. The van der Waals surface area contributed by atoms with Gasteiger partial charge in [0.05, 0.1) is 5.52 Å². The van der Waals surface area contributed by atoms with Gasteiger partial charge in [0.1, 0.15) is 5.15 Å². The molecular formula is C22H17Cl2N3. The highest BCUT2D eigenvalue weighted by atomic mass is 35.5. The molecule has 0 spiro atoms. The highest BCUT2D eigenvalue weighted by Crippen LogP contribution is 2.27. The van der Waals surface area contributed by atoms with Gasteiger partial charge >= 0.3 is 0 Å². The Hall–Kier alpha value is -2.62. The molecule has 2 heterocycles. The van der Waals surface area contributed by atoms with Crippen LogP contribution in [-0.2, 0) is 12.8 Å². The zero-order valence-corrected chi connectivity index (χ0v) is 16.0. The number of hydrogen-bond acceptors (Lipinski definition) is 3. The number of rotatable bonds is 5. The summed E-state index contributed by atoms with van der Waals surface area (Å²) >= 11 is 12.0. The van der Waals surface area contributed by atoms with Gasteiger partial charge in [-0.15, -0.1) is 0 Å². The first-order chi connectivity index (χ1) is 13.2. The van der Waals surface area contributed by atoms with Crippen LogP contribution in [0.15, 0.2) is 72.9 Å². The SMILES string of the molecule is Clc1ccc2c(Nc3cccc(CCc4cccc(Cl)n4)c3)ccnc2c1. The normalized spacial score (nSPS) is 10.9. The van der Waals surface area contributed by atoms with Crippen molar-refractivity contribution in [1.29, 1.82) is 0 Å². The minimum absolute atomic E-state index is 0.535. The smallest absolute Gasteiger partial charge is 0.129 e. The van der Waals surface area contributed by atoms with Gasteiger partial charge in [-0.3, -0.25) is 4.98 Å². The summed E-state index contributed by atoms with van der Waals surface area (Å²) in [6, 6.07) is 21.8. The van der Waals surface area contributed by atoms with Crippen molar-refractivity contribution in [3.63, 3.8) is 0 Å². The van der Waals surface area contributed by atoms with E-state index in [9.17, 15) is 0 Å². The Bertz CT molecular complexity index is 1100. The number of aromatic nitrogens is 2. The van der Waals surface area contributed by atoms with E-state index in [1.165, 1.54) is 5.56 Å². The fourth-order valence-corrected chi connectivity index (χ4v) is 3.40. The fraction of sp³-hybridized carbons (Fsp3) is 0.0909. The van der Waals surface area contributed by atoms with Gasteiger partial charge in [-0.2, -0.15) is 0 Å². The maximum absolute atomic E-state index is 6.07. The lowest BCUT2D eigenvalue weighted by Gasteiger charge is -2.11. The number of aryl methyl sites for hydroxylation is 2. The summed E-state index contributed by atoms with van der Waals surface area (Å²) in [7, 11) is 0. The van der Waals surface area contributed by atoms with Crippen molar-refractivity contribution < 1.29 is 0 Å². The molecule has 0 fully saturated rings. The molecule has 0 aliphatic carbocycles. The van der Waals surface area contributed by atoms with Crippen LogP contribution in [0.2, 0.25) is 10.2 Å². The second-order valence-electron chi connectivity index (χ2n) is 6.30. The summed E-state index contributed by atoms with van der Waals surface area (Å²) in [6.07, 6.45) is 3.53. The van der Waals surface area contributed by atoms with Crippen LogP contribution in [0.5, 0.6) is 0 Å². The number of pyridine rings is 2. The van der Waals surface area contributed by atoms with E-state index in [1.54, 1.807) is 12.3 Å². The van der Waals surface area contributed by atoms with E-state index in [0.29, 0.717) is 10.2 Å². The fourth-order valence-electron chi connectivity index (χ4n) is 3.05. The van der Waals surface area contributed by atoms with Gasteiger partial charge < -0.3 is 5.32 Å². The molecular weight excluding hydrogens is 377 g/mol. The summed E-state index contributed by atoms with van der Waals surface area (Å²) in [5, 5.41) is 5.75. The molecule has 0 unspecified atom stereocenters. The maximum Gasteiger partial charge on any atom is 0.129 e. The molecule has 1 N–H and O–H groups in total. The van der Waals surface area contributed by atoms with E-state index in [1.807, 2.05) is 36.4 Å². The number of hydrogen-bond donors (Lipinski definition) is 1. The standard InChI is InChI=1S/C22H17Cl2N3/c23-16-8-10-19-20(11-12-25-21(19)14-16)26-18-5-1-3-15(13-18)7-9-17-4-2-6-22(24)27-17/h1-6,8,10-14H,7,9H2,(H,25,26). The Kier molecular flexibility index (Phi) is 5.23. The lowest BCUT2D eigenvalue weighted by Crippen LogP contribution is -1.97. The molecule has 134 valence electrons. The van der Waals surface area contributed by atoms with Crippen molar-refractivity contribution in [2.75, 3.05) is 5.32 Å². The zero-order chi connectivity index (χ0) is 18.6. The van der Waals surface area contributed by atoms with Gasteiger partial charge in [0.15, 0.2) is 0 Å². The van der Waals surface area contributed by atoms with Crippen LogP contribution >= 0.6 is 23.2 Å². The van der Waals surface area contributed by atoms with Crippen LogP contribution in [0.25, 0.3) is 10.9 Å². The average molecular weight is 394 g/mol. The number of benzene rings is 2. The molecule has 0 aliphatic heterocycles. The van der Waals surface area contributed by atoms with E-state index in [2.05, 4.69) is 39.6 Å². The zero-order valence-electron chi connectivity index (χ0n) is 14.5. The van der Waals surface area contributed by atoms with E-state index < -0.39 is 0 Å². The van der Waals surface area contributed by atoms with Crippen molar-refractivity contribution in [3.05, 3.63) is 94.4 Å². The molecule has 0 saturated carbocycles. The highest BCUT2D eigenvalue weighted by Gasteiger charge is 2.05. The predicted molar refractivity (Wildman–Crippen MR) is 113 cm³/mol. The molecule has 5 heteroatoms. The Morgan fingerprint density at radius 2 is 1.74 bits per heavy atom. The van der Waals surface area contributed by atoms with Crippen LogP contribution in [0.1, 0.15) is 11.3 Å². The summed E-state index contributed by atoms with van der Waals surface area (Å²) in [4.78, 5) is 8.74. The second-order valence-corrected chi connectivity index (χ2v) is 7.12. The summed E-state index contributed by atoms with van der Waals surface area (Å²) < 4.78 is 0. The van der Waals surface area contributed by atoms with Gasteiger partial charge in [0.25, 0.3) is 0 Å². The summed E-state index contributed by atoms with van der Waals surface area (Å²) in [6.45, 7) is 0. The molecule has 4 rings (SSSR count). The predicted octanol–water partition coefficient (Wildman–Crippen LogP) is 6.47. The molecule has 0 bridgehead atoms. The van der Waals surface area contributed by atoms with E-state index >= 15 is 0 Å². The van der Waals surface area contributed by atoms with Crippen LogP contribution < -0.4 is 5.32 Å². The number of nitrogens with one attached hydrogen (secondary N) is 1. The first-order valence-corrected chi connectivity index (χ1v) is 9.45. The third-order valence-electron chi connectivity index (χ3n) is 4.35. The Morgan fingerprint density at radius 1 is 0.852 bits per heavy atom. The topological polar surface area (TPSA) is 37.8 Å². The minimum atomic E-state index is 0.535. The molecule has 3 nitrogen and oxygen atoms in total. The van der Waals surface area contributed by atoms with Gasteiger partial charge in [-0.05, 0) is 66.9 Å². The van der Waals surface area contributed by atoms with Crippen molar-refractivity contribution in [3.8, 4) is 0 Å². The Labute approximate surface area is 168 Å². The number of halogens is 2. The van der Waals surface area contributed by atoms with E-state index in [0.717, 1.165) is 40.8 Å². The maximum atomic E-state index is 6.07. The summed E-state index contributed by atoms with van der Waals surface area (Å²) in [5.41, 5.74) is 5.15. The molecule has 2 aromatic heterocycles. The van der Waals surface area contributed by atoms with E-state index in [4.69, 9.17) is 23.2 Å². The number of nitrogens with zero attached hydrogens (tertiary/aromatic N) is 2. The van der Waals surface area contributed by atoms with Gasteiger partial charge in [-0.1, -0.05) is 41.4 Å². The Balaban J connectivity index is 1.53. The third-order valence-corrected chi connectivity index (χ3v) is 4.80. The molecule has 0 atom stereocenters. The third kappa shape index (κ3) is 4.38. The van der Waals surface area contributed by atoms with E-state index in [-0.39, 0.29) is 0 Å². The quantitative estimate of drug-likeness (QED) is 0.395. The van der Waals surface area contributed by atoms with Crippen LogP contribution in [0, 0.1) is 0 Å². The van der Waals surface area contributed by atoms with Gasteiger partial charge in [0, 0.05) is 33.7 Å². The van der Waals surface area contributed by atoms with Gasteiger partial charge in [-0.25, -0.2) is 4.98 Å². The van der Waals surface area contributed by atoms with Crippen LogP contribution in [0.3, 0.4) is 0 Å². The highest BCUT2D eigenvalue weighted by molar-refractivity contribution is 6.31. The first-order valence-electron chi connectivity index (χ1n) is 8.69. The minimum Gasteiger partial charge on any atom is -0.355 e. The number of anilines is 2. The molecule has 0 radical (unpaired) electrons. The lowest BCUT2D eigenvalue weighted by molar-refractivity contribution is 0.914. The summed E-state index contributed by atoms with van der Waals surface area (Å²) in [5.74, 6) is 0. The molecule has 4 aromatic rings. The number of fused-ring (bicyclic) bond motifs is 1. The van der Waals surface area contributed by atoms with Crippen LogP contribution in [-0.4, -0.2) is 9.97 Å². The molecule has 0 saturated heterocycles. The molecule has 27 heavy (non-hydrogen) atoms. The average Bonchev–Trinajstić information content (AvgIpc) is 2.67. The van der Waals surface area contributed by atoms with Gasteiger partial charge in [0.2, 0.25) is 0 Å². The van der Waals surface area contributed by atoms with Crippen molar-refractivity contribution in [2.24, 2.45) is 0 Å². The monoisotopic (exact) mass is 393 g/mol. The van der Waals surface area contributed by atoms with Crippen molar-refractivity contribution >= 4 is 45.5 Å².